The SMILES string of the molecule is COc1c(C)cnc(Cn2nc3c4c(nc(N(C(=O)O)C(=O)O)nc42)SCC(CN)=C3)c1C. The molecule has 0 saturated heterocycles. The Morgan fingerprint density at radius 3 is 2.64 bits per heavy atom. The van der Waals surface area contributed by atoms with Crippen LogP contribution in [0.1, 0.15) is 22.5 Å². The number of amides is 2. The van der Waals surface area contributed by atoms with Gasteiger partial charge in [-0.15, -0.1) is 16.7 Å². The third kappa shape index (κ3) is 3.96. The van der Waals surface area contributed by atoms with Crippen LogP contribution >= 0.6 is 11.8 Å². The molecular formula is C20H21N7O5S. The Morgan fingerprint density at radius 2 is 2.00 bits per heavy atom. The monoisotopic (exact) mass is 471 g/mol. The molecule has 0 spiro atoms. The highest BCUT2D eigenvalue weighted by Crippen LogP contribution is 2.35. The fraction of sp³-hybridized carbons (Fsp3) is 0.300. The van der Waals surface area contributed by atoms with Gasteiger partial charge in [0.05, 0.1) is 30.4 Å². The van der Waals surface area contributed by atoms with Gasteiger partial charge in [0.15, 0.2) is 5.65 Å². The Hall–Kier alpha value is -3.71. The van der Waals surface area contributed by atoms with Crippen LogP contribution in [0.5, 0.6) is 5.75 Å². The summed E-state index contributed by atoms with van der Waals surface area (Å²) in [6.07, 6.45) is 0.135. The highest BCUT2D eigenvalue weighted by Gasteiger charge is 2.29. The van der Waals surface area contributed by atoms with E-state index >= 15 is 0 Å². The lowest BCUT2D eigenvalue weighted by atomic mass is 10.1. The number of methoxy groups -OCH3 is 1. The van der Waals surface area contributed by atoms with Crippen LogP contribution in [0.2, 0.25) is 0 Å². The quantitative estimate of drug-likeness (QED) is 0.467. The van der Waals surface area contributed by atoms with Crippen molar-refractivity contribution >= 4 is 47.0 Å². The van der Waals surface area contributed by atoms with Crippen LogP contribution in [0.3, 0.4) is 0 Å². The first-order valence-corrected chi connectivity index (χ1v) is 10.8. The Balaban J connectivity index is 1.94. The van der Waals surface area contributed by atoms with Crippen molar-refractivity contribution in [2.24, 2.45) is 5.73 Å². The first kappa shape index (κ1) is 22.5. The fourth-order valence-corrected chi connectivity index (χ4v) is 4.62. The molecule has 0 aromatic carbocycles. The number of hydrogen-bond donors (Lipinski definition) is 3. The summed E-state index contributed by atoms with van der Waals surface area (Å²) in [6.45, 7) is 4.28. The van der Waals surface area contributed by atoms with Gasteiger partial charge in [0.25, 0.3) is 0 Å². The van der Waals surface area contributed by atoms with E-state index in [0.29, 0.717) is 45.5 Å². The third-order valence-electron chi connectivity index (χ3n) is 5.20. The minimum Gasteiger partial charge on any atom is -0.496 e. The first-order valence-electron chi connectivity index (χ1n) is 9.81. The number of nitrogens with two attached hydrogens (primary N) is 1. The second-order valence-corrected chi connectivity index (χ2v) is 8.28. The molecule has 0 saturated carbocycles. The number of aromatic nitrogens is 5. The van der Waals surface area contributed by atoms with E-state index in [2.05, 4.69) is 20.1 Å². The van der Waals surface area contributed by atoms with E-state index in [4.69, 9.17) is 10.5 Å². The maximum absolute atomic E-state index is 11.6. The van der Waals surface area contributed by atoms with Gasteiger partial charge in [-0.2, -0.15) is 10.1 Å². The number of nitrogens with zero attached hydrogens (tertiary/aromatic N) is 6. The van der Waals surface area contributed by atoms with Crippen LogP contribution in [0.4, 0.5) is 15.5 Å². The van der Waals surface area contributed by atoms with E-state index in [1.54, 1.807) is 18.0 Å². The fourth-order valence-electron chi connectivity index (χ4n) is 3.61. The van der Waals surface area contributed by atoms with E-state index in [1.807, 2.05) is 19.9 Å². The van der Waals surface area contributed by atoms with Gasteiger partial charge in [-0.05, 0) is 25.5 Å². The van der Waals surface area contributed by atoms with Gasteiger partial charge in [0.1, 0.15) is 10.8 Å². The summed E-state index contributed by atoms with van der Waals surface area (Å²) in [7, 11) is 1.58. The zero-order valence-electron chi connectivity index (χ0n) is 18.1. The van der Waals surface area contributed by atoms with Gasteiger partial charge < -0.3 is 20.7 Å². The second kappa shape index (κ2) is 8.67. The van der Waals surface area contributed by atoms with Crippen molar-refractivity contribution in [2.45, 2.75) is 25.4 Å². The lowest BCUT2D eigenvalue weighted by Crippen LogP contribution is -2.36. The normalized spacial score (nSPS) is 12.9. The van der Waals surface area contributed by atoms with Gasteiger partial charge in [-0.25, -0.2) is 19.3 Å². The maximum atomic E-state index is 11.6. The molecule has 1 aliphatic heterocycles. The van der Waals surface area contributed by atoms with Gasteiger partial charge in [0, 0.05) is 29.6 Å². The smallest absolute Gasteiger partial charge is 0.424 e. The Morgan fingerprint density at radius 1 is 1.27 bits per heavy atom. The molecule has 0 bridgehead atoms. The molecule has 1 aliphatic rings. The zero-order chi connectivity index (χ0) is 23.9. The van der Waals surface area contributed by atoms with Crippen LogP contribution < -0.4 is 15.4 Å². The third-order valence-corrected chi connectivity index (χ3v) is 6.29. The van der Waals surface area contributed by atoms with E-state index in [1.165, 1.54) is 11.8 Å². The summed E-state index contributed by atoms with van der Waals surface area (Å²) in [6, 6.07) is 0. The van der Waals surface area contributed by atoms with Crippen LogP contribution in [0, 0.1) is 13.8 Å². The molecule has 172 valence electrons. The van der Waals surface area contributed by atoms with Crippen LogP contribution in [0.15, 0.2) is 16.8 Å². The number of pyridine rings is 1. The second-order valence-electron chi connectivity index (χ2n) is 7.31. The molecule has 0 aliphatic carbocycles. The van der Waals surface area contributed by atoms with Crippen molar-refractivity contribution in [3.05, 3.63) is 34.3 Å². The highest BCUT2D eigenvalue weighted by atomic mass is 32.2. The average molecular weight is 471 g/mol. The molecule has 4 N–H and O–H groups in total. The van der Waals surface area contributed by atoms with Crippen LogP contribution in [0.25, 0.3) is 17.1 Å². The molecule has 3 aromatic heterocycles. The summed E-state index contributed by atoms with van der Waals surface area (Å²) in [5, 5.41) is 24.5. The predicted octanol–water partition coefficient (Wildman–Crippen LogP) is 2.51. The molecule has 0 unspecified atom stereocenters. The van der Waals surface area contributed by atoms with Gasteiger partial charge in [0.2, 0.25) is 5.95 Å². The topological polar surface area (TPSA) is 170 Å². The number of rotatable bonds is 5. The van der Waals surface area contributed by atoms with Gasteiger partial charge in [-0.3, -0.25) is 4.98 Å². The highest BCUT2D eigenvalue weighted by molar-refractivity contribution is 7.99. The van der Waals surface area contributed by atoms with Gasteiger partial charge >= 0.3 is 12.2 Å². The first-order chi connectivity index (χ1) is 15.7. The largest absolute Gasteiger partial charge is 0.496 e. The minimum atomic E-state index is -1.71. The van der Waals surface area contributed by atoms with Crippen molar-refractivity contribution in [3.8, 4) is 5.75 Å². The molecule has 4 heterocycles. The number of imide groups is 1. The average Bonchev–Trinajstić information content (AvgIpc) is 2.98. The number of anilines is 1. The Bertz CT molecular complexity index is 1310. The van der Waals surface area contributed by atoms with Crippen LogP contribution in [-0.4, -0.2) is 66.5 Å². The van der Waals surface area contributed by atoms with Crippen molar-refractivity contribution < 1.29 is 24.5 Å². The van der Waals surface area contributed by atoms with Crippen molar-refractivity contribution in [3.63, 3.8) is 0 Å². The molecule has 4 rings (SSSR count). The number of thioether (sulfide) groups is 1. The lowest BCUT2D eigenvalue weighted by Gasteiger charge is -2.14. The molecule has 2 amide bonds. The van der Waals surface area contributed by atoms with E-state index in [0.717, 1.165) is 16.7 Å². The summed E-state index contributed by atoms with van der Waals surface area (Å²) < 4.78 is 7.04. The molecule has 0 radical (unpaired) electrons. The van der Waals surface area contributed by atoms with Gasteiger partial charge in [-0.1, -0.05) is 0 Å². The zero-order valence-corrected chi connectivity index (χ0v) is 18.9. The number of carbonyl (C=O) groups is 2. The summed E-state index contributed by atoms with van der Waals surface area (Å²) in [5.74, 6) is 0.742. The molecular weight excluding hydrogens is 450 g/mol. The van der Waals surface area contributed by atoms with Crippen molar-refractivity contribution in [2.75, 3.05) is 24.3 Å². The maximum Gasteiger partial charge on any atom is 0.424 e. The lowest BCUT2D eigenvalue weighted by molar-refractivity contribution is 0.183. The molecule has 0 fully saturated rings. The number of ether oxygens (including phenoxy) is 1. The number of carboxylic acid groups (broad SMARTS) is 2. The van der Waals surface area contributed by atoms with Crippen molar-refractivity contribution in [1.82, 2.24) is 24.7 Å². The minimum absolute atomic E-state index is 0.0775. The number of aryl methyl sites for hydroxylation is 1. The Kier molecular flexibility index (Phi) is 5.91. The number of hydrogen-bond acceptors (Lipinski definition) is 9. The van der Waals surface area contributed by atoms with E-state index in [9.17, 15) is 19.8 Å². The summed E-state index contributed by atoms with van der Waals surface area (Å²) in [5.41, 5.74) is 10.0. The standard InChI is InChI=1S/C20H21N7O5S/c1-9-6-22-13(10(2)15(9)32-3)7-26-16-14-12(25-26)4-11(5-21)8-33-17(14)24-18(23-16)27(19(28)29)20(30)31/h4,6H,5,7-8,21H2,1-3H3,(H,28,29)(H,30,31). The summed E-state index contributed by atoms with van der Waals surface area (Å²) in [4.78, 5) is 36.2. The van der Waals surface area contributed by atoms with E-state index in [-0.39, 0.29) is 11.4 Å². The summed E-state index contributed by atoms with van der Waals surface area (Å²) >= 11 is 1.32. The van der Waals surface area contributed by atoms with E-state index < -0.39 is 18.1 Å². The molecule has 13 heteroatoms. The van der Waals surface area contributed by atoms with Crippen LogP contribution in [-0.2, 0) is 6.54 Å². The molecule has 33 heavy (non-hydrogen) atoms. The molecule has 0 atom stereocenters. The molecule has 3 aromatic rings. The Labute approximate surface area is 192 Å². The molecule has 12 nitrogen and oxygen atoms in total. The van der Waals surface area contributed by atoms with Crippen molar-refractivity contribution in [1.29, 1.82) is 0 Å². The predicted molar refractivity (Wildman–Crippen MR) is 121 cm³/mol.